The number of nitrogens with two attached hydrogens (primary N) is 1. The molecule has 3 N–H and O–H groups in total. The number of hydrogen-bond acceptors (Lipinski definition) is 2. The Labute approximate surface area is 110 Å². The minimum atomic E-state index is -0.403. The normalized spacial score (nSPS) is 12.2. The fraction of sp³-hybridized carbons (Fsp3) is 0.533. The Morgan fingerprint density at radius 1 is 1.22 bits per heavy atom. The van der Waals surface area contributed by atoms with Crippen LogP contribution in [-0.2, 0) is 11.2 Å². The van der Waals surface area contributed by atoms with Gasteiger partial charge in [0.15, 0.2) is 0 Å². The van der Waals surface area contributed by atoms with Crippen molar-refractivity contribution in [3.8, 4) is 0 Å². The molecule has 1 rings (SSSR count). The number of carbonyl (C=O) groups excluding carboxylic acids is 1. The standard InChI is InChI=1S/C15H24N2O/c1-3-5-7-14(16)15(18)17-13-10-8-12(6-4-2)9-11-13/h8-11,14H,3-7,16H2,1-2H3,(H,17,18)/t14-/m0/s1. The van der Waals surface area contributed by atoms with Crippen LogP contribution in [0.3, 0.4) is 0 Å². The number of carbonyl (C=O) groups is 1. The van der Waals surface area contributed by atoms with Crippen molar-refractivity contribution in [2.24, 2.45) is 5.73 Å². The van der Waals surface area contributed by atoms with Crippen LogP contribution in [0.5, 0.6) is 0 Å². The van der Waals surface area contributed by atoms with Gasteiger partial charge in [0.1, 0.15) is 0 Å². The molecule has 0 bridgehead atoms. The van der Waals surface area contributed by atoms with Gasteiger partial charge in [0.2, 0.25) is 5.91 Å². The molecule has 3 nitrogen and oxygen atoms in total. The highest BCUT2D eigenvalue weighted by molar-refractivity contribution is 5.94. The van der Waals surface area contributed by atoms with Crippen molar-refractivity contribution in [3.05, 3.63) is 29.8 Å². The van der Waals surface area contributed by atoms with E-state index in [-0.39, 0.29) is 5.91 Å². The van der Waals surface area contributed by atoms with Gasteiger partial charge in [-0.2, -0.15) is 0 Å². The van der Waals surface area contributed by atoms with E-state index in [2.05, 4.69) is 31.3 Å². The van der Waals surface area contributed by atoms with E-state index < -0.39 is 6.04 Å². The molecule has 1 aromatic rings. The molecule has 0 saturated heterocycles. The van der Waals surface area contributed by atoms with E-state index in [1.165, 1.54) is 5.56 Å². The number of hydrogen-bond donors (Lipinski definition) is 2. The van der Waals surface area contributed by atoms with Crippen LogP contribution in [0.1, 0.15) is 45.1 Å². The van der Waals surface area contributed by atoms with Gasteiger partial charge in [0.05, 0.1) is 6.04 Å². The quantitative estimate of drug-likeness (QED) is 0.779. The SMILES string of the molecule is CCCC[C@H](N)C(=O)Nc1ccc(CCC)cc1. The highest BCUT2D eigenvalue weighted by Crippen LogP contribution is 2.11. The highest BCUT2D eigenvalue weighted by Gasteiger charge is 2.12. The summed E-state index contributed by atoms with van der Waals surface area (Å²) in [6.07, 6.45) is 5.00. The second-order valence-electron chi connectivity index (χ2n) is 4.68. The van der Waals surface area contributed by atoms with Crippen LogP contribution in [-0.4, -0.2) is 11.9 Å². The molecule has 0 aliphatic rings. The number of rotatable bonds is 7. The van der Waals surface area contributed by atoms with Crippen molar-refractivity contribution in [3.63, 3.8) is 0 Å². The van der Waals surface area contributed by atoms with Crippen LogP contribution in [0.15, 0.2) is 24.3 Å². The molecule has 0 unspecified atom stereocenters. The topological polar surface area (TPSA) is 55.1 Å². The molecule has 0 spiro atoms. The van der Waals surface area contributed by atoms with Crippen molar-refractivity contribution < 1.29 is 4.79 Å². The number of amides is 1. The number of anilines is 1. The zero-order chi connectivity index (χ0) is 13.4. The van der Waals surface area contributed by atoms with E-state index in [0.29, 0.717) is 0 Å². The molecule has 1 atom stereocenters. The number of benzene rings is 1. The summed E-state index contributed by atoms with van der Waals surface area (Å²) < 4.78 is 0. The Bertz CT molecular complexity index is 359. The predicted octanol–water partition coefficient (Wildman–Crippen LogP) is 3.10. The summed E-state index contributed by atoms with van der Waals surface area (Å²) in [5.74, 6) is -0.0910. The summed E-state index contributed by atoms with van der Waals surface area (Å²) in [7, 11) is 0. The van der Waals surface area contributed by atoms with Crippen LogP contribution < -0.4 is 11.1 Å². The van der Waals surface area contributed by atoms with Crippen LogP contribution >= 0.6 is 0 Å². The first-order valence-electron chi connectivity index (χ1n) is 6.82. The first-order chi connectivity index (χ1) is 8.67. The molecule has 1 aromatic carbocycles. The molecule has 100 valence electrons. The maximum absolute atomic E-state index is 11.8. The second-order valence-corrected chi connectivity index (χ2v) is 4.68. The van der Waals surface area contributed by atoms with Crippen molar-refractivity contribution in [2.45, 2.75) is 52.0 Å². The maximum atomic E-state index is 11.8. The fourth-order valence-electron chi connectivity index (χ4n) is 1.83. The molecular weight excluding hydrogens is 224 g/mol. The number of unbranched alkanes of at least 4 members (excludes halogenated alkanes) is 1. The van der Waals surface area contributed by atoms with Gasteiger partial charge in [0.25, 0.3) is 0 Å². The molecule has 18 heavy (non-hydrogen) atoms. The van der Waals surface area contributed by atoms with Crippen molar-refractivity contribution in [2.75, 3.05) is 5.32 Å². The number of aryl methyl sites for hydroxylation is 1. The molecule has 0 saturated carbocycles. The van der Waals surface area contributed by atoms with Crippen LogP contribution in [0.25, 0.3) is 0 Å². The van der Waals surface area contributed by atoms with Gasteiger partial charge in [-0.1, -0.05) is 45.2 Å². The molecule has 1 amide bonds. The average molecular weight is 248 g/mol. The first-order valence-corrected chi connectivity index (χ1v) is 6.82. The van der Waals surface area contributed by atoms with Gasteiger partial charge in [-0.3, -0.25) is 4.79 Å². The summed E-state index contributed by atoms with van der Waals surface area (Å²) >= 11 is 0. The largest absolute Gasteiger partial charge is 0.325 e. The van der Waals surface area contributed by atoms with Gasteiger partial charge in [-0.25, -0.2) is 0 Å². The van der Waals surface area contributed by atoms with Gasteiger partial charge in [-0.15, -0.1) is 0 Å². The lowest BCUT2D eigenvalue weighted by Gasteiger charge is -2.12. The molecule has 0 aliphatic carbocycles. The minimum absolute atomic E-state index is 0.0910. The molecule has 0 heterocycles. The van der Waals surface area contributed by atoms with Gasteiger partial charge in [-0.05, 0) is 30.5 Å². The Morgan fingerprint density at radius 3 is 2.44 bits per heavy atom. The monoisotopic (exact) mass is 248 g/mol. The Morgan fingerprint density at radius 2 is 1.89 bits per heavy atom. The Hall–Kier alpha value is -1.35. The third-order valence-electron chi connectivity index (χ3n) is 2.97. The molecule has 3 heteroatoms. The van der Waals surface area contributed by atoms with Gasteiger partial charge in [0, 0.05) is 5.69 Å². The van der Waals surface area contributed by atoms with E-state index in [9.17, 15) is 4.79 Å². The van der Waals surface area contributed by atoms with Crippen LogP contribution in [0, 0.1) is 0 Å². The molecule has 0 aromatic heterocycles. The lowest BCUT2D eigenvalue weighted by Crippen LogP contribution is -2.35. The Balaban J connectivity index is 2.48. The van der Waals surface area contributed by atoms with Crippen LogP contribution in [0.2, 0.25) is 0 Å². The van der Waals surface area contributed by atoms with Crippen molar-refractivity contribution in [1.29, 1.82) is 0 Å². The van der Waals surface area contributed by atoms with E-state index in [4.69, 9.17) is 5.73 Å². The summed E-state index contributed by atoms with van der Waals surface area (Å²) in [5, 5.41) is 2.86. The van der Waals surface area contributed by atoms with Gasteiger partial charge < -0.3 is 11.1 Å². The zero-order valence-corrected chi connectivity index (χ0v) is 11.4. The summed E-state index contributed by atoms with van der Waals surface area (Å²) in [6.45, 7) is 4.25. The second kappa shape index (κ2) is 7.88. The van der Waals surface area contributed by atoms with E-state index in [1.54, 1.807) is 0 Å². The van der Waals surface area contributed by atoms with Crippen molar-refractivity contribution >= 4 is 11.6 Å². The maximum Gasteiger partial charge on any atom is 0.241 e. The third kappa shape index (κ3) is 4.88. The summed E-state index contributed by atoms with van der Waals surface area (Å²) in [4.78, 5) is 11.8. The van der Waals surface area contributed by atoms with E-state index in [1.807, 2.05) is 12.1 Å². The third-order valence-corrected chi connectivity index (χ3v) is 2.97. The summed E-state index contributed by atoms with van der Waals surface area (Å²) in [6, 6.07) is 7.58. The molecule has 0 radical (unpaired) electrons. The zero-order valence-electron chi connectivity index (χ0n) is 11.4. The molecule has 0 aliphatic heterocycles. The van der Waals surface area contributed by atoms with E-state index >= 15 is 0 Å². The predicted molar refractivity (Wildman–Crippen MR) is 76.6 cm³/mol. The minimum Gasteiger partial charge on any atom is -0.325 e. The Kier molecular flexibility index (Phi) is 6.44. The fourth-order valence-corrected chi connectivity index (χ4v) is 1.83. The number of nitrogens with one attached hydrogen (secondary N) is 1. The molecule has 0 fully saturated rings. The average Bonchev–Trinajstić information content (AvgIpc) is 2.38. The first kappa shape index (κ1) is 14.7. The molecular formula is C15H24N2O. The lowest BCUT2D eigenvalue weighted by molar-refractivity contribution is -0.117. The highest BCUT2D eigenvalue weighted by atomic mass is 16.2. The lowest BCUT2D eigenvalue weighted by atomic mass is 10.1. The van der Waals surface area contributed by atoms with Gasteiger partial charge >= 0.3 is 0 Å². The summed E-state index contributed by atoms with van der Waals surface area (Å²) in [5.41, 5.74) is 7.94. The van der Waals surface area contributed by atoms with Crippen LogP contribution in [0.4, 0.5) is 5.69 Å². The van der Waals surface area contributed by atoms with E-state index in [0.717, 1.165) is 37.8 Å². The van der Waals surface area contributed by atoms with Crippen molar-refractivity contribution in [1.82, 2.24) is 0 Å². The smallest absolute Gasteiger partial charge is 0.241 e.